The minimum absolute atomic E-state index is 0.168. The fourth-order valence-corrected chi connectivity index (χ4v) is 3.02. The normalized spacial score (nSPS) is 21.7. The Balaban J connectivity index is 2.20. The minimum atomic E-state index is -0.893. The number of carboxylic acid groups (broad SMARTS) is 1. The van der Waals surface area contributed by atoms with Crippen molar-refractivity contribution < 1.29 is 19.4 Å². The molecule has 1 heterocycles. The van der Waals surface area contributed by atoms with Crippen LogP contribution in [0.2, 0.25) is 0 Å². The molecule has 22 heavy (non-hydrogen) atoms. The molecule has 0 saturated carbocycles. The Kier molecular flexibility index (Phi) is 4.80. The first-order valence-electron chi connectivity index (χ1n) is 7.13. The molecule has 1 saturated heterocycles. The lowest BCUT2D eigenvalue weighted by Crippen LogP contribution is -2.35. The van der Waals surface area contributed by atoms with Gasteiger partial charge in [0.15, 0.2) is 0 Å². The number of halogens is 1. The number of hydrogen-bond acceptors (Lipinski definition) is 3. The third-order valence-electron chi connectivity index (χ3n) is 3.57. The molecule has 1 aromatic rings. The highest BCUT2D eigenvalue weighted by molar-refractivity contribution is 9.10. The van der Waals surface area contributed by atoms with E-state index in [0.29, 0.717) is 6.54 Å². The van der Waals surface area contributed by atoms with E-state index in [-0.39, 0.29) is 12.5 Å². The summed E-state index contributed by atoms with van der Waals surface area (Å²) in [5, 5.41) is 9.46. The Bertz CT molecular complexity index is 582. The number of benzene rings is 1. The monoisotopic (exact) mass is 369 g/mol. The lowest BCUT2D eigenvalue weighted by molar-refractivity contribution is -0.141. The summed E-state index contributed by atoms with van der Waals surface area (Å²) >= 11 is 3.40. The molecule has 0 bridgehead atoms. The van der Waals surface area contributed by atoms with Gasteiger partial charge in [-0.15, -0.1) is 0 Å². The number of carbonyl (C=O) groups excluding carboxylic acids is 1. The highest BCUT2D eigenvalue weighted by atomic mass is 79.9. The summed E-state index contributed by atoms with van der Waals surface area (Å²) < 4.78 is 6.24. The summed E-state index contributed by atoms with van der Waals surface area (Å²) in [6.45, 7) is 5.90. The zero-order chi connectivity index (χ0) is 16.5. The third-order valence-corrected chi connectivity index (χ3v) is 4.06. The molecule has 1 amide bonds. The number of rotatable bonds is 2. The van der Waals surface area contributed by atoms with Crippen LogP contribution in [-0.2, 0) is 9.53 Å². The zero-order valence-electron chi connectivity index (χ0n) is 12.9. The van der Waals surface area contributed by atoms with Crippen molar-refractivity contribution in [3.05, 3.63) is 34.3 Å². The van der Waals surface area contributed by atoms with Crippen molar-refractivity contribution in [2.75, 3.05) is 13.1 Å². The van der Waals surface area contributed by atoms with Gasteiger partial charge in [-0.25, -0.2) is 4.79 Å². The van der Waals surface area contributed by atoms with Crippen molar-refractivity contribution in [2.24, 2.45) is 5.92 Å². The average Bonchev–Trinajstić information content (AvgIpc) is 2.82. The Morgan fingerprint density at radius 2 is 2.00 bits per heavy atom. The number of likely N-dealkylation sites (tertiary alicyclic amines) is 1. The average molecular weight is 370 g/mol. The molecule has 1 aliphatic rings. The molecule has 0 radical (unpaired) electrons. The minimum Gasteiger partial charge on any atom is -0.481 e. The first-order chi connectivity index (χ1) is 10.2. The second-order valence-corrected chi connectivity index (χ2v) is 7.41. The molecule has 1 N–H and O–H groups in total. The van der Waals surface area contributed by atoms with Gasteiger partial charge in [0.1, 0.15) is 5.60 Å². The quantitative estimate of drug-likeness (QED) is 0.866. The molecule has 0 aromatic heterocycles. The Labute approximate surface area is 138 Å². The van der Waals surface area contributed by atoms with E-state index in [2.05, 4.69) is 15.9 Å². The number of hydrogen-bond donors (Lipinski definition) is 1. The zero-order valence-corrected chi connectivity index (χ0v) is 14.5. The summed E-state index contributed by atoms with van der Waals surface area (Å²) in [7, 11) is 0. The van der Waals surface area contributed by atoms with E-state index < -0.39 is 23.6 Å². The van der Waals surface area contributed by atoms with Crippen LogP contribution in [0.5, 0.6) is 0 Å². The molecule has 0 unspecified atom stereocenters. The maximum absolute atomic E-state index is 12.2. The van der Waals surface area contributed by atoms with Gasteiger partial charge >= 0.3 is 12.1 Å². The van der Waals surface area contributed by atoms with Crippen molar-refractivity contribution in [3.63, 3.8) is 0 Å². The molecule has 5 nitrogen and oxygen atoms in total. The number of carbonyl (C=O) groups is 2. The molecule has 2 rings (SSSR count). The van der Waals surface area contributed by atoms with Crippen LogP contribution >= 0.6 is 15.9 Å². The van der Waals surface area contributed by atoms with E-state index >= 15 is 0 Å². The molecule has 2 atom stereocenters. The van der Waals surface area contributed by atoms with Gasteiger partial charge in [0.25, 0.3) is 0 Å². The van der Waals surface area contributed by atoms with E-state index in [1.807, 2.05) is 24.3 Å². The largest absolute Gasteiger partial charge is 0.481 e. The van der Waals surface area contributed by atoms with Crippen LogP contribution in [0, 0.1) is 5.92 Å². The lowest BCUT2D eigenvalue weighted by Gasteiger charge is -2.24. The molecule has 0 spiro atoms. The van der Waals surface area contributed by atoms with Crippen molar-refractivity contribution in [1.29, 1.82) is 0 Å². The van der Waals surface area contributed by atoms with Crippen LogP contribution in [0.3, 0.4) is 0 Å². The van der Waals surface area contributed by atoms with E-state index in [9.17, 15) is 14.7 Å². The van der Waals surface area contributed by atoms with Gasteiger partial charge in [0.2, 0.25) is 0 Å². The highest BCUT2D eigenvalue weighted by Crippen LogP contribution is 2.34. The SMILES string of the molecule is CC(C)(C)OC(=O)N1C[C@H](C(=O)O)[C@@H](c2cccc(Br)c2)C1. The van der Waals surface area contributed by atoms with Gasteiger partial charge < -0.3 is 14.7 Å². The maximum atomic E-state index is 12.2. The summed E-state index contributed by atoms with van der Waals surface area (Å²) in [5.74, 6) is -1.75. The van der Waals surface area contributed by atoms with Crippen molar-refractivity contribution in [2.45, 2.75) is 32.3 Å². The van der Waals surface area contributed by atoms with E-state index in [4.69, 9.17) is 4.74 Å². The summed E-state index contributed by atoms with van der Waals surface area (Å²) in [4.78, 5) is 25.2. The third kappa shape index (κ3) is 4.00. The number of ether oxygens (including phenoxy) is 1. The fraction of sp³-hybridized carbons (Fsp3) is 0.500. The summed E-state index contributed by atoms with van der Waals surface area (Å²) in [6.07, 6.45) is -0.462. The van der Waals surface area contributed by atoms with Gasteiger partial charge in [-0.05, 0) is 38.5 Å². The topological polar surface area (TPSA) is 66.8 Å². The molecular formula is C16H20BrNO4. The predicted molar refractivity (Wildman–Crippen MR) is 85.8 cm³/mol. The molecule has 0 aliphatic carbocycles. The number of aliphatic carboxylic acids is 1. The first-order valence-corrected chi connectivity index (χ1v) is 7.93. The summed E-state index contributed by atoms with van der Waals surface area (Å²) in [5.41, 5.74) is 0.316. The van der Waals surface area contributed by atoms with Crippen LogP contribution in [0.15, 0.2) is 28.7 Å². The van der Waals surface area contributed by atoms with E-state index in [1.54, 1.807) is 20.8 Å². The van der Waals surface area contributed by atoms with E-state index in [1.165, 1.54) is 4.90 Å². The predicted octanol–water partition coefficient (Wildman–Crippen LogP) is 3.48. The standard InChI is InChI=1S/C16H20BrNO4/c1-16(2,3)22-15(21)18-8-12(13(9-18)14(19)20)10-5-4-6-11(17)7-10/h4-7,12-13H,8-9H2,1-3H3,(H,19,20)/t12-,13+/m1/s1. The van der Waals surface area contributed by atoms with Crippen LogP contribution in [0.25, 0.3) is 0 Å². The molecule has 1 aromatic carbocycles. The molecular weight excluding hydrogens is 350 g/mol. The highest BCUT2D eigenvalue weighted by Gasteiger charge is 2.41. The molecule has 120 valence electrons. The second-order valence-electron chi connectivity index (χ2n) is 6.49. The summed E-state index contributed by atoms with van der Waals surface area (Å²) in [6, 6.07) is 7.55. The number of nitrogens with zero attached hydrogens (tertiary/aromatic N) is 1. The van der Waals surface area contributed by atoms with Crippen molar-refractivity contribution in [1.82, 2.24) is 4.90 Å². The lowest BCUT2D eigenvalue weighted by atomic mass is 9.89. The smallest absolute Gasteiger partial charge is 0.410 e. The Hall–Kier alpha value is -1.56. The van der Waals surface area contributed by atoms with Gasteiger partial charge in [0.05, 0.1) is 5.92 Å². The number of amides is 1. The maximum Gasteiger partial charge on any atom is 0.410 e. The van der Waals surface area contributed by atoms with Crippen LogP contribution in [-0.4, -0.2) is 40.8 Å². The molecule has 6 heteroatoms. The number of carboxylic acids is 1. The van der Waals surface area contributed by atoms with Gasteiger partial charge in [-0.1, -0.05) is 28.1 Å². The van der Waals surface area contributed by atoms with Crippen LogP contribution < -0.4 is 0 Å². The van der Waals surface area contributed by atoms with Crippen LogP contribution in [0.1, 0.15) is 32.3 Å². The van der Waals surface area contributed by atoms with Gasteiger partial charge in [-0.2, -0.15) is 0 Å². The second kappa shape index (κ2) is 6.28. The van der Waals surface area contributed by atoms with Crippen molar-refractivity contribution >= 4 is 28.0 Å². The van der Waals surface area contributed by atoms with Gasteiger partial charge in [-0.3, -0.25) is 4.79 Å². The first kappa shape index (κ1) is 16.8. The van der Waals surface area contributed by atoms with Crippen LogP contribution in [0.4, 0.5) is 4.79 Å². The van der Waals surface area contributed by atoms with E-state index in [0.717, 1.165) is 10.0 Å². The Morgan fingerprint density at radius 1 is 1.32 bits per heavy atom. The Morgan fingerprint density at radius 3 is 2.55 bits per heavy atom. The van der Waals surface area contributed by atoms with Crippen molar-refractivity contribution in [3.8, 4) is 0 Å². The molecule has 1 aliphatic heterocycles. The van der Waals surface area contributed by atoms with Gasteiger partial charge in [0, 0.05) is 23.5 Å². The fourth-order valence-electron chi connectivity index (χ4n) is 2.60. The molecule has 1 fully saturated rings.